The van der Waals surface area contributed by atoms with Gasteiger partial charge in [0, 0.05) is 27.7 Å². The van der Waals surface area contributed by atoms with Gasteiger partial charge in [-0.25, -0.2) is 0 Å². The lowest BCUT2D eigenvalue weighted by Crippen LogP contribution is -2.62. The van der Waals surface area contributed by atoms with Gasteiger partial charge in [0.05, 0.1) is 13.2 Å². The third kappa shape index (κ3) is 8.59. The fraction of sp³-hybridized carbons (Fsp3) is 0.667. The van der Waals surface area contributed by atoms with Crippen molar-refractivity contribution in [3.63, 3.8) is 0 Å². The van der Waals surface area contributed by atoms with Crippen molar-refractivity contribution >= 4 is 23.9 Å². The van der Waals surface area contributed by atoms with Gasteiger partial charge in [0.15, 0.2) is 24.6 Å². The van der Waals surface area contributed by atoms with Crippen LogP contribution in [0.3, 0.4) is 0 Å². The largest absolute Gasteiger partial charge is 0.463 e. The van der Waals surface area contributed by atoms with Crippen LogP contribution in [-0.2, 0) is 47.6 Å². The molecule has 0 radical (unpaired) electrons. The quantitative estimate of drug-likeness (QED) is 0.297. The zero-order valence-corrected chi connectivity index (χ0v) is 16.7. The van der Waals surface area contributed by atoms with Crippen molar-refractivity contribution < 1.29 is 52.7 Å². The summed E-state index contributed by atoms with van der Waals surface area (Å²) in [5.74, 6) is -2.76. The van der Waals surface area contributed by atoms with Crippen molar-refractivity contribution in [1.82, 2.24) is 0 Å². The first kappa shape index (κ1) is 24.5. The van der Waals surface area contributed by atoms with E-state index < -0.39 is 54.6 Å². The normalized spacial score (nSPS) is 26.6. The first-order valence-corrected chi connectivity index (χ1v) is 8.83. The van der Waals surface area contributed by atoms with Crippen molar-refractivity contribution in [2.75, 3.05) is 19.8 Å². The molecule has 0 spiro atoms. The van der Waals surface area contributed by atoms with Crippen LogP contribution in [0.5, 0.6) is 0 Å². The van der Waals surface area contributed by atoms with E-state index in [9.17, 15) is 19.2 Å². The average Bonchev–Trinajstić information content (AvgIpc) is 2.60. The average molecular weight is 418 g/mol. The summed E-state index contributed by atoms with van der Waals surface area (Å²) in [6.45, 7) is 4.02. The summed E-state index contributed by atoms with van der Waals surface area (Å²) >= 11 is 0. The molecule has 1 N–H and O–H groups in total. The van der Waals surface area contributed by atoms with Crippen LogP contribution in [0.1, 0.15) is 27.7 Å². The van der Waals surface area contributed by atoms with E-state index in [1.54, 1.807) is 0 Å². The second-order valence-electron chi connectivity index (χ2n) is 6.05. The molecule has 0 aliphatic carbocycles. The number of hydrogen-bond donors (Lipinski definition) is 1. The zero-order valence-electron chi connectivity index (χ0n) is 16.7. The zero-order chi connectivity index (χ0) is 22.0. The molecule has 1 rings (SSSR count). The molecule has 1 fully saturated rings. The number of carbonyl (C=O) groups excluding carboxylic acids is 4. The predicted molar refractivity (Wildman–Crippen MR) is 94.1 cm³/mol. The molecule has 0 unspecified atom stereocenters. The molecule has 1 aliphatic heterocycles. The Kier molecular flexibility index (Phi) is 10.3. The van der Waals surface area contributed by atoms with E-state index >= 15 is 0 Å². The van der Waals surface area contributed by atoms with E-state index in [4.69, 9.17) is 33.5 Å². The SMILES string of the molecule is CC(=O)OC[C@@H]1O[C@H](OC/C=C\CO)[C@@H](OC(C)=O)[C@H](OC(C)=O)[C@H]1OC(C)=O. The second-order valence-corrected chi connectivity index (χ2v) is 6.05. The maximum atomic E-state index is 11.6. The third-order valence-electron chi connectivity index (χ3n) is 3.58. The standard InChI is InChI=1S/C18H26O11/c1-10(20)25-9-14-15(26-11(2)21)16(27-12(3)22)17(28-13(4)23)18(29-14)24-8-6-5-7-19/h5-6,14-19H,7-9H2,1-4H3/b6-5-/t14-,15-,16+,17-,18-/m0/s1. The number of aliphatic hydroxyl groups excluding tert-OH is 1. The molecular weight excluding hydrogens is 392 g/mol. The van der Waals surface area contributed by atoms with Crippen LogP contribution in [0, 0.1) is 0 Å². The molecule has 0 aromatic heterocycles. The summed E-state index contributed by atoms with van der Waals surface area (Å²) in [6.07, 6.45) is -3.16. The lowest BCUT2D eigenvalue weighted by Gasteiger charge is -2.43. The van der Waals surface area contributed by atoms with Crippen LogP contribution >= 0.6 is 0 Å². The van der Waals surface area contributed by atoms with Gasteiger partial charge in [0.25, 0.3) is 0 Å². The first-order chi connectivity index (χ1) is 13.6. The molecule has 1 aliphatic rings. The fourth-order valence-corrected chi connectivity index (χ4v) is 2.62. The van der Waals surface area contributed by atoms with Gasteiger partial charge in [0.1, 0.15) is 12.7 Å². The molecule has 0 aromatic rings. The molecule has 0 saturated carbocycles. The molecule has 164 valence electrons. The summed E-state index contributed by atoms with van der Waals surface area (Å²) < 4.78 is 31.9. The third-order valence-corrected chi connectivity index (χ3v) is 3.58. The van der Waals surface area contributed by atoms with Crippen molar-refractivity contribution in [2.24, 2.45) is 0 Å². The minimum Gasteiger partial charge on any atom is -0.463 e. The Bertz CT molecular complexity index is 615. The minimum atomic E-state index is -1.28. The van der Waals surface area contributed by atoms with E-state index in [2.05, 4.69) is 0 Å². The van der Waals surface area contributed by atoms with E-state index in [0.29, 0.717) is 0 Å². The van der Waals surface area contributed by atoms with Gasteiger partial charge in [-0.05, 0) is 0 Å². The van der Waals surface area contributed by atoms with Crippen LogP contribution in [0.15, 0.2) is 12.2 Å². The minimum absolute atomic E-state index is 0.0334. The number of ether oxygens (including phenoxy) is 6. The van der Waals surface area contributed by atoms with Gasteiger partial charge in [0.2, 0.25) is 0 Å². The molecular formula is C18H26O11. The van der Waals surface area contributed by atoms with Crippen LogP contribution in [-0.4, -0.2) is 79.5 Å². The Morgan fingerprint density at radius 1 is 0.828 bits per heavy atom. The summed E-state index contributed by atoms with van der Waals surface area (Å²) in [5, 5.41) is 8.80. The van der Waals surface area contributed by atoms with E-state index in [1.807, 2.05) is 0 Å². The molecule has 0 aromatic carbocycles. The highest BCUT2D eigenvalue weighted by Gasteiger charge is 2.52. The highest BCUT2D eigenvalue weighted by atomic mass is 16.7. The molecule has 0 bridgehead atoms. The maximum absolute atomic E-state index is 11.6. The highest BCUT2D eigenvalue weighted by molar-refractivity contribution is 5.68. The van der Waals surface area contributed by atoms with Crippen molar-refractivity contribution in [3.05, 3.63) is 12.2 Å². The fourth-order valence-electron chi connectivity index (χ4n) is 2.62. The van der Waals surface area contributed by atoms with Gasteiger partial charge in [-0.2, -0.15) is 0 Å². The number of aliphatic hydroxyl groups is 1. The lowest BCUT2D eigenvalue weighted by molar-refractivity contribution is -0.306. The van der Waals surface area contributed by atoms with Gasteiger partial charge in [-0.3, -0.25) is 19.2 Å². The van der Waals surface area contributed by atoms with Gasteiger partial charge in [-0.1, -0.05) is 12.2 Å². The van der Waals surface area contributed by atoms with E-state index in [0.717, 1.165) is 20.8 Å². The molecule has 1 heterocycles. The monoisotopic (exact) mass is 418 g/mol. The van der Waals surface area contributed by atoms with Crippen molar-refractivity contribution in [3.8, 4) is 0 Å². The summed E-state index contributed by atoms with van der Waals surface area (Å²) in [5.41, 5.74) is 0. The van der Waals surface area contributed by atoms with Crippen LogP contribution in [0.2, 0.25) is 0 Å². The summed E-state index contributed by atoms with van der Waals surface area (Å²) in [7, 11) is 0. The predicted octanol–water partition coefficient (Wildman–Crippen LogP) is -0.365. The van der Waals surface area contributed by atoms with Gasteiger partial charge >= 0.3 is 23.9 Å². The van der Waals surface area contributed by atoms with Gasteiger partial charge < -0.3 is 33.5 Å². The Morgan fingerprint density at radius 3 is 1.90 bits per heavy atom. The summed E-state index contributed by atoms with van der Waals surface area (Å²) in [4.78, 5) is 46.0. The highest BCUT2D eigenvalue weighted by Crippen LogP contribution is 2.29. The molecule has 29 heavy (non-hydrogen) atoms. The smallest absolute Gasteiger partial charge is 0.303 e. The molecule has 0 amide bonds. The van der Waals surface area contributed by atoms with Crippen LogP contribution in [0.25, 0.3) is 0 Å². The number of esters is 4. The van der Waals surface area contributed by atoms with Crippen LogP contribution < -0.4 is 0 Å². The van der Waals surface area contributed by atoms with Crippen molar-refractivity contribution in [1.29, 1.82) is 0 Å². The van der Waals surface area contributed by atoms with Gasteiger partial charge in [-0.15, -0.1) is 0 Å². The van der Waals surface area contributed by atoms with Crippen molar-refractivity contribution in [2.45, 2.75) is 58.4 Å². The number of carbonyl (C=O) groups is 4. The second kappa shape index (κ2) is 12.1. The lowest BCUT2D eigenvalue weighted by atomic mass is 9.98. The Labute approximate surface area is 167 Å². The number of rotatable bonds is 9. The van der Waals surface area contributed by atoms with E-state index in [1.165, 1.54) is 19.1 Å². The number of hydrogen-bond acceptors (Lipinski definition) is 11. The molecule has 1 saturated heterocycles. The molecule has 11 nitrogen and oxygen atoms in total. The first-order valence-electron chi connectivity index (χ1n) is 8.83. The summed E-state index contributed by atoms with van der Waals surface area (Å²) in [6, 6.07) is 0. The molecule has 5 atom stereocenters. The van der Waals surface area contributed by atoms with E-state index in [-0.39, 0.29) is 19.8 Å². The van der Waals surface area contributed by atoms with Crippen LogP contribution in [0.4, 0.5) is 0 Å². The Hall–Kier alpha value is -2.50. The topological polar surface area (TPSA) is 144 Å². The maximum Gasteiger partial charge on any atom is 0.303 e. The Morgan fingerprint density at radius 2 is 1.38 bits per heavy atom. The Balaban J connectivity index is 3.22. The molecule has 11 heteroatoms.